The van der Waals surface area contributed by atoms with Crippen LogP contribution in [0.15, 0.2) is 18.2 Å². The molecule has 0 aliphatic heterocycles. The molecule has 0 aliphatic rings. The molecule has 1 heterocycles. The molecule has 0 N–H and O–H groups in total. The maximum atomic E-state index is 13.0. The van der Waals surface area contributed by atoms with Gasteiger partial charge >= 0.3 is 12.0 Å². The van der Waals surface area contributed by atoms with E-state index in [1.807, 2.05) is 6.92 Å². The lowest BCUT2D eigenvalue weighted by molar-refractivity contribution is 0.284. The summed E-state index contributed by atoms with van der Waals surface area (Å²) in [4.78, 5) is 11.5. The first kappa shape index (κ1) is 14.7. The summed E-state index contributed by atoms with van der Waals surface area (Å²) in [6, 6.07) is 3.88. The molecule has 1 aromatic heterocycles. The van der Waals surface area contributed by atoms with Crippen LogP contribution in [0.5, 0.6) is 17.8 Å². The molecule has 1 aromatic carbocycles. The van der Waals surface area contributed by atoms with Gasteiger partial charge in [0.1, 0.15) is 11.6 Å². The molecule has 2 rings (SSSR count). The minimum absolute atomic E-state index is 0.0567. The van der Waals surface area contributed by atoms with Gasteiger partial charge in [-0.1, -0.05) is 18.5 Å². The summed E-state index contributed by atoms with van der Waals surface area (Å²) >= 11 is 11.4. The Balaban J connectivity index is 2.19. The summed E-state index contributed by atoms with van der Waals surface area (Å²) in [6.45, 7) is 2.39. The molecule has 2 aromatic rings. The normalized spacial score (nSPS) is 10.4. The maximum absolute atomic E-state index is 13.0. The van der Waals surface area contributed by atoms with E-state index in [0.717, 1.165) is 6.42 Å². The Morgan fingerprint density at radius 2 is 1.90 bits per heavy atom. The molecule has 0 radical (unpaired) electrons. The van der Waals surface area contributed by atoms with Crippen molar-refractivity contribution < 1.29 is 13.9 Å². The van der Waals surface area contributed by atoms with Crippen LogP contribution < -0.4 is 9.47 Å². The van der Waals surface area contributed by atoms with Gasteiger partial charge in [0.25, 0.3) is 0 Å². The topological polar surface area (TPSA) is 57.1 Å². The molecule has 0 amide bonds. The van der Waals surface area contributed by atoms with E-state index in [-0.39, 0.29) is 28.1 Å². The largest absolute Gasteiger partial charge is 0.463 e. The van der Waals surface area contributed by atoms with Crippen LogP contribution in [-0.4, -0.2) is 21.6 Å². The number of aromatic nitrogens is 3. The molecule has 0 saturated carbocycles. The summed E-state index contributed by atoms with van der Waals surface area (Å²) in [5.74, 6) is -0.264. The van der Waals surface area contributed by atoms with Gasteiger partial charge in [0, 0.05) is 6.07 Å². The molecule has 8 heteroatoms. The second-order valence-corrected chi connectivity index (χ2v) is 4.44. The number of halogens is 3. The Labute approximate surface area is 124 Å². The number of hydrogen-bond acceptors (Lipinski definition) is 5. The van der Waals surface area contributed by atoms with Crippen LogP contribution in [0.4, 0.5) is 4.39 Å². The second kappa shape index (κ2) is 6.67. The third kappa shape index (κ3) is 3.91. The Hall–Kier alpha value is -1.66. The SMILES string of the molecule is CCCOc1nc(Cl)nc(Oc2ccc(F)c(Cl)c2)n1. The van der Waals surface area contributed by atoms with Crippen molar-refractivity contribution in [2.75, 3.05) is 6.61 Å². The first-order valence-electron chi connectivity index (χ1n) is 5.75. The van der Waals surface area contributed by atoms with Crippen LogP contribution in [0.1, 0.15) is 13.3 Å². The van der Waals surface area contributed by atoms with Gasteiger partial charge in [0.2, 0.25) is 5.28 Å². The van der Waals surface area contributed by atoms with Crippen LogP contribution >= 0.6 is 23.2 Å². The summed E-state index contributed by atoms with van der Waals surface area (Å²) in [6.07, 6.45) is 0.799. The predicted molar refractivity (Wildman–Crippen MR) is 72.1 cm³/mol. The quantitative estimate of drug-likeness (QED) is 0.837. The summed E-state index contributed by atoms with van der Waals surface area (Å²) < 4.78 is 23.6. The van der Waals surface area contributed by atoms with E-state index in [0.29, 0.717) is 6.61 Å². The van der Waals surface area contributed by atoms with E-state index in [9.17, 15) is 4.39 Å². The van der Waals surface area contributed by atoms with Gasteiger partial charge in [-0.3, -0.25) is 0 Å². The van der Waals surface area contributed by atoms with Crippen LogP contribution in [0.25, 0.3) is 0 Å². The first-order valence-corrected chi connectivity index (χ1v) is 6.51. The summed E-state index contributed by atoms with van der Waals surface area (Å²) in [5, 5.41) is -0.126. The van der Waals surface area contributed by atoms with E-state index in [4.69, 9.17) is 32.7 Å². The highest BCUT2D eigenvalue weighted by atomic mass is 35.5. The fourth-order valence-electron chi connectivity index (χ4n) is 1.26. The van der Waals surface area contributed by atoms with Gasteiger partial charge in [-0.2, -0.15) is 9.97 Å². The average molecular weight is 318 g/mol. The third-order valence-corrected chi connectivity index (χ3v) is 2.56. The third-order valence-electron chi connectivity index (χ3n) is 2.10. The molecule has 5 nitrogen and oxygen atoms in total. The Morgan fingerprint density at radius 3 is 2.60 bits per heavy atom. The van der Waals surface area contributed by atoms with Crippen molar-refractivity contribution in [2.45, 2.75) is 13.3 Å². The van der Waals surface area contributed by atoms with Gasteiger partial charge < -0.3 is 9.47 Å². The lowest BCUT2D eigenvalue weighted by atomic mass is 10.3. The standard InChI is InChI=1S/C12H10Cl2FN3O2/c1-2-5-19-11-16-10(14)17-12(18-11)20-7-3-4-9(15)8(13)6-7/h3-4,6H,2,5H2,1H3. The molecule has 0 spiro atoms. The van der Waals surface area contributed by atoms with E-state index < -0.39 is 5.82 Å². The van der Waals surface area contributed by atoms with E-state index in [2.05, 4.69) is 15.0 Å². The zero-order valence-electron chi connectivity index (χ0n) is 10.4. The van der Waals surface area contributed by atoms with Gasteiger partial charge in [0.15, 0.2) is 0 Å². The molecule has 20 heavy (non-hydrogen) atoms. The average Bonchev–Trinajstić information content (AvgIpc) is 2.40. The molecule has 0 unspecified atom stereocenters. The molecule has 0 bridgehead atoms. The molecule has 0 aliphatic carbocycles. The van der Waals surface area contributed by atoms with Crippen molar-refractivity contribution in [1.82, 2.24) is 15.0 Å². The van der Waals surface area contributed by atoms with Crippen LogP contribution in [-0.2, 0) is 0 Å². The van der Waals surface area contributed by atoms with Crippen LogP contribution in [0, 0.1) is 5.82 Å². The number of rotatable bonds is 5. The lowest BCUT2D eigenvalue weighted by Crippen LogP contribution is -2.03. The van der Waals surface area contributed by atoms with Gasteiger partial charge in [0.05, 0.1) is 11.6 Å². The van der Waals surface area contributed by atoms with Gasteiger partial charge in [-0.05, 0) is 30.2 Å². The van der Waals surface area contributed by atoms with Crippen molar-refractivity contribution in [1.29, 1.82) is 0 Å². The number of ether oxygens (including phenoxy) is 2. The zero-order valence-corrected chi connectivity index (χ0v) is 12.0. The van der Waals surface area contributed by atoms with Crippen molar-refractivity contribution in [3.8, 4) is 17.8 Å². The molecule has 0 atom stereocenters. The molecule has 0 fully saturated rings. The smallest absolute Gasteiger partial charge is 0.329 e. The summed E-state index contributed by atoms with van der Waals surface area (Å²) in [7, 11) is 0. The van der Waals surface area contributed by atoms with Crippen molar-refractivity contribution in [2.24, 2.45) is 0 Å². The monoisotopic (exact) mass is 317 g/mol. The highest BCUT2D eigenvalue weighted by Crippen LogP contribution is 2.25. The second-order valence-electron chi connectivity index (χ2n) is 3.70. The molecular weight excluding hydrogens is 308 g/mol. The fourth-order valence-corrected chi connectivity index (χ4v) is 1.58. The van der Waals surface area contributed by atoms with Crippen molar-refractivity contribution in [3.63, 3.8) is 0 Å². The highest BCUT2D eigenvalue weighted by Gasteiger charge is 2.09. The molecule has 0 saturated heterocycles. The molecule has 106 valence electrons. The first-order chi connectivity index (χ1) is 9.58. The Kier molecular flexibility index (Phi) is 4.92. The number of nitrogens with zero attached hydrogens (tertiary/aromatic N) is 3. The van der Waals surface area contributed by atoms with Crippen molar-refractivity contribution >= 4 is 23.2 Å². The Bertz CT molecular complexity index is 613. The summed E-state index contributed by atoms with van der Waals surface area (Å²) in [5.41, 5.74) is 0. The van der Waals surface area contributed by atoms with Gasteiger partial charge in [-0.15, -0.1) is 4.98 Å². The van der Waals surface area contributed by atoms with Gasteiger partial charge in [-0.25, -0.2) is 4.39 Å². The Morgan fingerprint density at radius 1 is 1.15 bits per heavy atom. The number of hydrogen-bond donors (Lipinski definition) is 0. The number of benzene rings is 1. The fraction of sp³-hybridized carbons (Fsp3) is 0.250. The van der Waals surface area contributed by atoms with E-state index >= 15 is 0 Å². The van der Waals surface area contributed by atoms with E-state index in [1.54, 1.807) is 0 Å². The lowest BCUT2D eigenvalue weighted by Gasteiger charge is -2.07. The van der Waals surface area contributed by atoms with E-state index in [1.165, 1.54) is 18.2 Å². The van der Waals surface area contributed by atoms with Crippen LogP contribution in [0.2, 0.25) is 10.3 Å². The maximum Gasteiger partial charge on any atom is 0.329 e. The molecular formula is C12H10Cl2FN3O2. The minimum Gasteiger partial charge on any atom is -0.463 e. The van der Waals surface area contributed by atoms with Crippen LogP contribution in [0.3, 0.4) is 0 Å². The minimum atomic E-state index is -0.542. The highest BCUT2D eigenvalue weighted by molar-refractivity contribution is 6.30. The zero-order chi connectivity index (χ0) is 14.5. The predicted octanol–water partition coefficient (Wildman–Crippen LogP) is 3.90. The van der Waals surface area contributed by atoms with Crippen molar-refractivity contribution in [3.05, 3.63) is 34.3 Å².